The van der Waals surface area contributed by atoms with Gasteiger partial charge in [-0.1, -0.05) is 6.07 Å². The quantitative estimate of drug-likeness (QED) is 0.254. The van der Waals surface area contributed by atoms with Crippen LogP contribution in [0.25, 0.3) is 5.69 Å². The van der Waals surface area contributed by atoms with Crippen molar-refractivity contribution < 1.29 is 44.3 Å². The summed E-state index contributed by atoms with van der Waals surface area (Å²) in [5, 5.41) is 21.1. The van der Waals surface area contributed by atoms with E-state index in [9.17, 15) is 14.7 Å². The molecule has 0 aliphatic carbocycles. The Morgan fingerprint density at radius 2 is 2.00 bits per heavy atom. The molecule has 0 saturated carbocycles. The third kappa shape index (κ3) is 5.19. The molecule has 0 bridgehead atoms. The summed E-state index contributed by atoms with van der Waals surface area (Å²) >= 11 is 5.16. The topological polar surface area (TPSA) is 106 Å². The van der Waals surface area contributed by atoms with Gasteiger partial charge in [0.15, 0.2) is 10.6 Å². The molecule has 0 saturated heterocycles. The number of nitrogens with zero attached hydrogens (tertiary/aromatic N) is 3. The van der Waals surface area contributed by atoms with Crippen molar-refractivity contribution in [3.8, 4) is 5.69 Å². The molecule has 2 aromatic carbocycles. The molecule has 2 heterocycles. The summed E-state index contributed by atoms with van der Waals surface area (Å²) in [4.78, 5) is 26.0. The Labute approximate surface area is 212 Å². The molecule has 0 radical (unpaired) electrons. The number of ketones is 1. The van der Waals surface area contributed by atoms with Crippen LogP contribution in [0.1, 0.15) is 33.8 Å². The van der Waals surface area contributed by atoms with Crippen molar-refractivity contribution in [2.75, 3.05) is 25.0 Å². The van der Waals surface area contributed by atoms with Crippen LogP contribution in [0.2, 0.25) is 0 Å². The molecule has 4 rings (SSSR count). The molecule has 1 aromatic heterocycles. The van der Waals surface area contributed by atoms with E-state index in [1.807, 2.05) is 42.3 Å². The van der Waals surface area contributed by atoms with Crippen molar-refractivity contribution >= 4 is 29.7 Å². The molecule has 0 spiro atoms. The van der Waals surface area contributed by atoms with Crippen molar-refractivity contribution in [3.63, 3.8) is 0 Å². The van der Waals surface area contributed by atoms with Crippen molar-refractivity contribution in [1.29, 1.82) is 0 Å². The van der Waals surface area contributed by atoms with E-state index in [2.05, 4.69) is 15.5 Å². The molecule has 1 aliphatic rings. The first-order valence-corrected chi connectivity index (χ1v) is 10.4. The van der Waals surface area contributed by atoms with Crippen LogP contribution >= 0.6 is 12.2 Å². The largest absolute Gasteiger partial charge is 1.00 e. The molecule has 1 atom stereocenters. The Balaban J connectivity index is 0.00000289. The Morgan fingerprint density at radius 3 is 2.66 bits per heavy atom. The van der Waals surface area contributed by atoms with E-state index in [1.165, 1.54) is 0 Å². The van der Waals surface area contributed by atoms with Gasteiger partial charge in [-0.05, 0) is 59.7 Å². The fourth-order valence-electron chi connectivity index (χ4n) is 3.78. The van der Waals surface area contributed by atoms with Crippen LogP contribution in [-0.2, 0) is 11.3 Å². The monoisotopic (exact) mass is 459 g/mol. The number of carboxylic acids is 1. The van der Waals surface area contributed by atoms with Crippen LogP contribution in [0.5, 0.6) is 0 Å². The van der Waals surface area contributed by atoms with Gasteiger partial charge in [0, 0.05) is 56.0 Å². The van der Waals surface area contributed by atoms with Gasteiger partial charge in [-0.3, -0.25) is 14.5 Å². The Morgan fingerprint density at radius 1 is 1.25 bits per heavy atom. The van der Waals surface area contributed by atoms with Crippen LogP contribution in [0, 0.1) is 4.77 Å². The number of carboxylic acid groups (broad SMARTS) is 1. The molecule has 32 heavy (non-hydrogen) atoms. The van der Waals surface area contributed by atoms with Crippen molar-refractivity contribution in [3.05, 3.63) is 70.3 Å². The van der Waals surface area contributed by atoms with Gasteiger partial charge in [0.25, 0.3) is 0 Å². The number of Topliss-reactive ketones (excluding diaryl/α,β-unsaturated/α-hetero) is 1. The second-order valence-corrected chi connectivity index (χ2v) is 7.95. The van der Waals surface area contributed by atoms with Gasteiger partial charge < -0.3 is 20.1 Å². The minimum absolute atomic E-state index is 0. The summed E-state index contributed by atoms with van der Waals surface area (Å²) in [5.74, 6) is -1.66. The zero-order valence-electron chi connectivity index (χ0n) is 18.0. The maximum atomic E-state index is 12.6. The number of aliphatic carboxylic acids is 1. The molecule has 3 aromatic rings. The summed E-state index contributed by atoms with van der Waals surface area (Å²) in [6.07, 6.45) is 1.95. The van der Waals surface area contributed by atoms with Crippen molar-refractivity contribution in [2.45, 2.75) is 18.9 Å². The van der Waals surface area contributed by atoms with Crippen LogP contribution < -0.4 is 44.9 Å². The number of aromatic nitrogens is 3. The van der Waals surface area contributed by atoms with E-state index in [-0.39, 0.29) is 35.3 Å². The fraction of sp³-hybridized carbons (Fsp3) is 0.273. The van der Waals surface area contributed by atoms with Crippen LogP contribution in [0.4, 0.5) is 5.69 Å². The van der Waals surface area contributed by atoms with E-state index in [4.69, 9.17) is 12.2 Å². The average molecular weight is 460 g/mol. The molecule has 1 unspecified atom stereocenters. The molecule has 160 valence electrons. The number of carbonyl (C=O) groups is 2. The summed E-state index contributed by atoms with van der Waals surface area (Å²) < 4.78 is 2.22. The first-order chi connectivity index (χ1) is 14.9. The smallest absolute Gasteiger partial charge is 0.549 e. The average Bonchev–Trinajstić information content (AvgIpc) is 3.22. The van der Waals surface area contributed by atoms with Gasteiger partial charge in [-0.25, -0.2) is 0 Å². The number of hydrogen-bond acceptors (Lipinski definition) is 7. The number of hydrogen-bond donors (Lipinski definition) is 2. The number of benzene rings is 2. The number of nitrogens with one attached hydrogen (secondary N) is 2. The minimum Gasteiger partial charge on any atom is -0.549 e. The number of aromatic amines is 1. The number of anilines is 1. The molecule has 0 fully saturated rings. The third-order valence-corrected chi connectivity index (χ3v) is 5.87. The normalized spacial score (nSPS) is 14.8. The van der Waals surface area contributed by atoms with Gasteiger partial charge in [0.1, 0.15) is 6.33 Å². The van der Waals surface area contributed by atoms with Crippen molar-refractivity contribution in [1.82, 2.24) is 20.1 Å². The maximum absolute atomic E-state index is 12.6. The molecule has 2 N–H and O–H groups in total. The van der Waals surface area contributed by atoms with Gasteiger partial charge in [0.05, 0.1) is 5.97 Å². The first kappa shape index (κ1) is 24.3. The van der Waals surface area contributed by atoms with E-state index >= 15 is 0 Å². The van der Waals surface area contributed by atoms with E-state index in [0.717, 1.165) is 22.5 Å². The zero-order chi connectivity index (χ0) is 22.0. The zero-order valence-corrected chi connectivity index (χ0v) is 20.8. The van der Waals surface area contributed by atoms with Gasteiger partial charge in [-0.2, -0.15) is 5.10 Å². The van der Waals surface area contributed by atoms with Crippen LogP contribution in [0.3, 0.4) is 0 Å². The predicted molar refractivity (Wildman–Crippen MR) is 117 cm³/mol. The number of fused-ring (bicyclic) bond motifs is 1. The summed E-state index contributed by atoms with van der Waals surface area (Å²) in [6, 6.07) is 13.0. The van der Waals surface area contributed by atoms with Crippen LogP contribution in [-0.4, -0.2) is 46.7 Å². The SMILES string of the molecule is CN(CCC(=O)c1ccc(-n2cn[nH]c2=S)cc1)c1ccc2c(c1)CNCC2C(=O)[O-].[Na+]. The Bertz CT molecular complexity index is 1170. The number of H-pyrrole nitrogens is 1. The molecule has 8 nitrogen and oxygen atoms in total. The van der Waals surface area contributed by atoms with Gasteiger partial charge in [-0.15, -0.1) is 0 Å². The Hall–Kier alpha value is -2.30. The van der Waals surface area contributed by atoms with Gasteiger partial charge in [0.2, 0.25) is 0 Å². The third-order valence-electron chi connectivity index (χ3n) is 5.59. The molecular formula is C22H22N5NaO3S. The maximum Gasteiger partial charge on any atom is 1.00 e. The van der Waals surface area contributed by atoms with E-state index < -0.39 is 11.9 Å². The molecule has 1 aliphatic heterocycles. The summed E-state index contributed by atoms with van der Waals surface area (Å²) in [5.41, 5.74) is 4.16. The molecule has 0 amide bonds. The van der Waals surface area contributed by atoms with E-state index in [1.54, 1.807) is 23.0 Å². The summed E-state index contributed by atoms with van der Waals surface area (Å²) in [6.45, 7) is 1.54. The minimum atomic E-state index is -1.07. The van der Waals surface area contributed by atoms with E-state index in [0.29, 0.717) is 36.4 Å². The first-order valence-electron chi connectivity index (χ1n) is 9.95. The standard InChI is InChI=1S/C22H23N5O3S.Na/c1-26(17-6-7-18-15(10-17)11-23-12-19(18)21(29)30)9-8-20(28)14-2-4-16(5-3-14)27-13-24-25-22(27)31;/h2-7,10,13,19,23H,8-9,11-12H2,1H3,(H,25,31)(H,29,30);/q;+1/p-1. The fourth-order valence-corrected chi connectivity index (χ4v) is 3.98. The number of carbonyl (C=O) groups excluding carboxylic acids is 2. The van der Waals surface area contributed by atoms with Crippen molar-refractivity contribution in [2.24, 2.45) is 0 Å². The molecule has 10 heteroatoms. The molecular weight excluding hydrogens is 437 g/mol. The second kappa shape index (κ2) is 10.5. The van der Waals surface area contributed by atoms with Gasteiger partial charge >= 0.3 is 29.6 Å². The summed E-state index contributed by atoms with van der Waals surface area (Å²) in [7, 11) is 1.92. The second-order valence-electron chi connectivity index (χ2n) is 7.56. The number of rotatable bonds is 7. The predicted octanol–water partition coefficient (Wildman–Crippen LogP) is -1.42. The van der Waals surface area contributed by atoms with Crippen LogP contribution in [0.15, 0.2) is 48.8 Å². The Kier molecular flexibility index (Phi) is 8.02.